The molecule has 4 rings (SSSR count). The molecule has 2 fully saturated rings. The first-order valence-corrected chi connectivity index (χ1v) is 14.1. The highest BCUT2D eigenvalue weighted by molar-refractivity contribution is 7.90. The van der Waals surface area contributed by atoms with Gasteiger partial charge in [-0.2, -0.15) is 0 Å². The zero-order valence-corrected chi connectivity index (χ0v) is 20.9. The molecule has 2 aromatic heterocycles. The number of pyridine rings is 1. The van der Waals surface area contributed by atoms with Crippen LogP contribution in [0.2, 0.25) is 0 Å². The number of anilines is 1. The number of ether oxygens (including phenoxy) is 1. The number of hydrogen-bond acceptors (Lipinski definition) is 7. The van der Waals surface area contributed by atoms with Gasteiger partial charge >= 0.3 is 0 Å². The highest BCUT2D eigenvalue weighted by Gasteiger charge is 2.27. The van der Waals surface area contributed by atoms with Crippen LogP contribution in [-0.2, 0) is 21.0 Å². The summed E-state index contributed by atoms with van der Waals surface area (Å²) < 4.78 is 29.8. The Balaban J connectivity index is 1.20. The van der Waals surface area contributed by atoms with Crippen molar-refractivity contribution in [2.24, 2.45) is 5.92 Å². The summed E-state index contributed by atoms with van der Waals surface area (Å²) in [7, 11) is -3.26. The molecule has 0 bridgehead atoms. The molecule has 0 amide bonds. The fraction of sp³-hybridized carbons (Fsp3) is 0.640. The van der Waals surface area contributed by atoms with Crippen LogP contribution in [0.15, 0.2) is 29.6 Å². The lowest BCUT2D eigenvalue weighted by Gasteiger charge is -2.34. The molecule has 0 N–H and O–H groups in total. The van der Waals surface area contributed by atoms with Crippen molar-refractivity contribution < 1.29 is 13.2 Å². The minimum Gasteiger partial charge on any atom is -0.378 e. The van der Waals surface area contributed by atoms with E-state index in [9.17, 15) is 8.42 Å². The van der Waals surface area contributed by atoms with E-state index in [4.69, 9.17) is 4.74 Å². The average molecular weight is 473 g/mol. The van der Waals surface area contributed by atoms with Crippen molar-refractivity contribution in [1.29, 1.82) is 0 Å². The zero-order chi connectivity index (χ0) is 23.4. The van der Waals surface area contributed by atoms with Gasteiger partial charge in [0.05, 0.1) is 6.10 Å². The number of sulfone groups is 1. The molecule has 2 aromatic rings. The van der Waals surface area contributed by atoms with Gasteiger partial charge in [0.15, 0.2) is 14.9 Å². The Labute approximate surface area is 197 Å². The Morgan fingerprint density at radius 2 is 1.70 bits per heavy atom. The maximum atomic E-state index is 11.7. The molecule has 33 heavy (non-hydrogen) atoms. The molecule has 0 unspecified atom stereocenters. The van der Waals surface area contributed by atoms with Crippen molar-refractivity contribution >= 4 is 15.8 Å². The Morgan fingerprint density at radius 3 is 2.27 bits per heavy atom. The fourth-order valence-electron chi connectivity index (χ4n) is 4.99. The van der Waals surface area contributed by atoms with Gasteiger partial charge in [-0.1, -0.05) is 13.0 Å². The summed E-state index contributed by atoms with van der Waals surface area (Å²) in [5.41, 5.74) is 3.19. The average Bonchev–Trinajstić information content (AvgIpc) is 2.83. The molecule has 0 spiro atoms. The van der Waals surface area contributed by atoms with Gasteiger partial charge in [-0.25, -0.2) is 23.4 Å². The van der Waals surface area contributed by atoms with Gasteiger partial charge < -0.3 is 9.64 Å². The molecular formula is C25H36N4O3S. The summed E-state index contributed by atoms with van der Waals surface area (Å²) in [5.74, 6) is 1.89. The van der Waals surface area contributed by atoms with Gasteiger partial charge in [-0.15, -0.1) is 0 Å². The van der Waals surface area contributed by atoms with E-state index >= 15 is 0 Å². The largest absolute Gasteiger partial charge is 0.378 e. The quantitative estimate of drug-likeness (QED) is 0.599. The van der Waals surface area contributed by atoms with Crippen molar-refractivity contribution in [2.75, 3.05) is 30.9 Å². The minimum atomic E-state index is -3.26. The third kappa shape index (κ3) is 6.09. The molecule has 8 heteroatoms. The third-order valence-electron chi connectivity index (χ3n) is 7.16. The second-order valence-corrected chi connectivity index (χ2v) is 11.5. The molecule has 1 aliphatic heterocycles. The molecule has 7 nitrogen and oxygen atoms in total. The normalized spacial score (nSPS) is 22.5. The number of hydrogen-bond donors (Lipinski definition) is 0. The molecule has 2 aliphatic rings. The topological polar surface area (TPSA) is 85.3 Å². The van der Waals surface area contributed by atoms with Crippen LogP contribution in [0, 0.1) is 12.8 Å². The van der Waals surface area contributed by atoms with Crippen LogP contribution in [0.3, 0.4) is 0 Å². The van der Waals surface area contributed by atoms with E-state index in [1.807, 2.05) is 25.4 Å². The molecule has 0 atom stereocenters. The summed E-state index contributed by atoms with van der Waals surface area (Å²) in [6.45, 7) is 6.85. The summed E-state index contributed by atoms with van der Waals surface area (Å²) in [6.07, 6.45) is 12.8. The predicted octanol–water partition coefficient (Wildman–Crippen LogP) is 4.11. The highest BCUT2D eigenvalue weighted by Crippen LogP contribution is 2.36. The summed E-state index contributed by atoms with van der Waals surface area (Å²) in [4.78, 5) is 15.7. The molecule has 180 valence electrons. The molecule has 0 aromatic carbocycles. The van der Waals surface area contributed by atoms with Crippen molar-refractivity contribution in [3.05, 3.63) is 41.3 Å². The zero-order valence-electron chi connectivity index (χ0n) is 20.0. The first kappa shape index (κ1) is 24.1. The van der Waals surface area contributed by atoms with E-state index in [-0.39, 0.29) is 5.03 Å². The monoisotopic (exact) mass is 472 g/mol. The Morgan fingerprint density at radius 1 is 1.03 bits per heavy atom. The first-order chi connectivity index (χ1) is 15.8. The number of aromatic nitrogens is 3. The number of piperidine rings is 1. The van der Waals surface area contributed by atoms with Crippen LogP contribution in [0.4, 0.5) is 5.95 Å². The van der Waals surface area contributed by atoms with E-state index < -0.39 is 9.84 Å². The predicted molar refractivity (Wildman–Crippen MR) is 129 cm³/mol. The third-order valence-corrected chi connectivity index (χ3v) is 8.15. The summed E-state index contributed by atoms with van der Waals surface area (Å²) in [6, 6.07) is 3.60. The lowest BCUT2D eigenvalue weighted by Crippen LogP contribution is -2.36. The van der Waals surface area contributed by atoms with Crippen LogP contribution in [0.5, 0.6) is 0 Å². The van der Waals surface area contributed by atoms with E-state index in [1.54, 1.807) is 6.07 Å². The molecule has 0 radical (unpaired) electrons. The minimum absolute atomic E-state index is 0.163. The molecule has 1 saturated heterocycles. The van der Waals surface area contributed by atoms with Crippen LogP contribution < -0.4 is 4.90 Å². The number of nitrogens with zero attached hydrogens (tertiary/aromatic N) is 4. The maximum Gasteiger partial charge on any atom is 0.225 e. The van der Waals surface area contributed by atoms with Gasteiger partial charge in [-0.3, -0.25) is 0 Å². The molecule has 3 heterocycles. The number of aryl methyl sites for hydroxylation is 2. The summed E-state index contributed by atoms with van der Waals surface area (Å²) in [5, 5.41) is 0.163. The standard InChI is InChI=1S/C25H36N4O3S/c1-4-19-15-26-25(27-16-19)29-13-11-20(12-14-29)17-32-22-7-5-21(6-8-22)23-9-10-24(28-18(23)2)33(3,30)31/h9-10,15-16,20-22H,4-8,11-14,17H2,1-3H3. The van der Waals surface area contributed by atoms with Crippen LogP contribution in [-0.4, -0.2) is 55.4 Å². The summed E-state index contributed by atoms with van der Waals surface area (Å²) >= 11 is 0. The van der Waals surface area contributed by atoms with Crippen LogP contribution in [0.25, 0.3) is 0 Å². The SMILES string of the molecule is CCc1cnc(N2CCC(COC3CCC(c4ccc(S(C)(=O)=O)nc4C)CC3)CC2)nc1. The van der Waals surface area contributed by atoms with Gasteiger partial charge in [0.25, 0.3) is 0 Å². The van der Waals surface area contributed by atoms with E-state index in [1.165, 1.54) is 17.4 Å². The number of rotatable bonds is 7. The van der Waals surface area contributed by atoms with Crippen LogP contribution in [0.1, 0.15) is 68.2 Å². The lowest BCUT2D eigenvalue weighted by molar-refractivity contribution is 0.000509. The highest BCUT2D eigenvalue weighted by atomic mass is 32.2. The molecule has 1 saturated carbocycles. The van der Waals surface area contributed by atoms with Crippen molar-refractivity contribution in [1.82, 2.24) is 15.0 Å². The second-order valence-electron chi connectivity index (χ2n) is 9.58. The van der Waals surface area contributed by atoms with Gasteiger partial charge in [0, 0.05) is 44.0 Å². The van der Waals surface area contributed by atoms with Crippen molar-refractivity contribution in [2.45, 2.75) is 75.8 Å². The molecule has 1 aliphatic carbocycles. The maximum absolute atomic E-state index is 11.7. The van der Waals surface area contributed by atoms with E-state index in [0.717, 1.165) is 76.3 Å². The van der Waals surface area contributed by atoms with Gasteiger partial charge in [0.2, 0.25) is 5.95 Å². The fourth-order valence-corrected chi connectivity index (χ4v) is 5.61. The Kier molecular flexibility index (Phi) is 7.64. The van der Waals surface area contributed by atoms with Crippen molar-refractivity contribution in [3.8, 4) is 0 Å². The first-order valence-electron chi connectivity index (χ1n) is 12.2. The second kappa shape index (κ2) is 10.5. The van der Waals surface area contributed by atoms with E-state index in [0.29, 0.717) is 17.9 Å². The van der Waals surface area contributed by atoms with Gasteiger partial charge in [-0.05, 0) is 80.9 Å². The Bertz CT molecular complexity index is 1030. The van der Waals surface area contributed by atoms with Crippen LogP contribution >= 0.6 is 0 Å². The lowest BCUT2D eigenvalue weighted by atomic mass is 9.82. The Hall–Kier alpha value is -2.06. The van der Waals surface area contributed by atoms with E-state index in [2.05, 4.69) is 26.8 Å². The van der Waals surface area contributed by atoms with Gasteiger partial charge in [0.1, 0.15) is 0 Å². The molecular weight excluding hydrogens is 436 g/mol. The van der Waals surface area contributed by atoms with Crippen molar-refractivity contribution in [3.63, 3.8) is 0 Å². The smallest absolute Gasteiger partial charge is 0.225 e.